The van der Waals surface area contributed by atoms with Crippen LogP contribution in [-0.4, -0.2) is 38.0 Å². The number of morpholine rings is 1. The van der Waals surface area contributed by atoms with Crippen molar-refractivity contribution in [3.63, 3.8) is 0 Å². The van der Waals surface area contributed by atoms with Gasteiger partial charge in [0.05, 0.1) is 17.1 Å². The normalized spacial score (nSPS) is 25.5. The molecule has 0 radical (unpaired) electrons. The van der Waals surface area contributed by atoms with E-state index in [0.29, 0.717) is 18.0 Å². The van der Waals surface area contributed by atoms with Crippen LogP contribution in [0.15, 0.2) is 27.6 Å². The highest BCUT2D eigenvalue weighted by Gasteiger charge is 2.32. The van der Waals surface area contributed by atoms with Gasteiger partial charge in [0.1, 0.15) is 0 Å². The average molecular weight is 348 g/mol. The summed E-state index contributed by atoms with van der Waals surface area (Å²) in [5.74, 6) is 0. The number of rotatable bonds is 2. The first-order valence-corrected chi connectivity index (χ1v) is 8.46. The van der Waals surface area contributed by atoms with Gasteiger partial charge in [-0.15, -0.1) is 0 Å². The second kappa shape index (κ2) is 5.52. The number of halogens is 1. The first-order valence-electron chi connectivity index (χ1n) is 6.22. The molecule has 0 saturated carbocycles. The van der Waals surface area contributed by atoms with Gasteiger partial charge >= 0.3 is 0 Å². The maximum Gasteiger partial charge on any atom is 0.243 e. The van der Waals surface area contributed by atoms with Crippen LogP contribution in [0, 0.1) is 6.92 Å². The molecule has 6 heteroatoms. The van der Waals surface area contributed by atoms with Crippen LogP contribution in [-0.2, 0) is 14.8 Å². The summed E-state index contributed by atoms with van der Waals surface area (Å²) in [5.41, 5.74) is 0.912. The second-order valence-corrected chi connectivity index (χ2v) is 7.78. The molecule has 106 valence electrons. The Bertz CT molecular complexity index is 563. The summed E-state index contributed by atoms with van der Waals surface area (Å²) < 4.78 is 33.2. The van der Waals surface area contributed by atoms with E-state index in [0.717, 1.165) is 10.0 Å². The highest BCUT2D eigenvalue weighted by Crippen LogP contribution is 2.24. The van der Waals surface area contributed by atoms with Crippen LogP contribution in [0.3, 0.4) is 0 Å². The number of hydrogen-bond donors (Lipinski definition) is 0. The molecule has 1 aliphatic heterocycles. The summed E-state index contributed by atoms with van der Waals surface area (Å²) in [6.45, 7) is 6.48. The number of aryl methyl sites for hydroxylation is 1. The minimum atomic E-state index is -3.43. The van der Waals surface area contributed by atoms with Crippen LogP contribution in [0.2, 0.25) is 0 Å². The van der Waals surface area contributed by atoms with Crippen LogP contribution in [0.5, 0.6) is 0 Å². The molecule has 4 nitrogen and oxygen atoms in total. The molecule has 0 amide bonds. The average Bonchev–Trinajstić information content (AvgIpc) is 2.31. The molecule has 1 saturated heterocycles. The zero-order valence-electron chi connectivity index (χ0n) is 11.3. The van der Waals surface area contributed by atoms with Crippen molar-refractivity contribution < 1.29 is 13.2 Å². The summed E-state index contributed by atoms with van der Waals surface area (Å²) >= 11 is 3.38. The van der Waals surface area contributed by atoms with Crippen molar-refractivity contribution in [1.29, 1.82) is 0 Å². The number of sulfonamides is 1. The lowest BCUT2D eigenvalue weighted by Crippen LogP contribution is -2.48. The van der Waals surface area contributed by atoms with Gasteiger partial charge in [-0.05, 0) is 44.5 Å². The minimum Gasteiger partial charge on any atom is -0.373 e. The van der Waals surface area contributed by atoms with E-state index in [9.17, 15) is 8.42 Å². The molecule has 1 fully saturated rings. The molecule has 1 aromatic rings. The van der Waals surface area contributed by atoms with Gasteiger partial charge in [-0.2, -0.15) is 4.31 Å². The third-order valence-corrected chi connectivity index (χ3v) is 5.87. The van der Waals surface area contributed by atoms with Crippen molar-refractivity contribution in [1.82, 2.24) is 4.31 Å². The second-order valence-electron chi connectivity index (χ2n) is 4.99. The topological polar surface area (TPSA) is 46.6 Å². The summed E-state index contributed by atoms with van der Waals surface area (Å²) in [5, 5.41) is 0. The maximum absolute atomic E-state index is 12.6. The number of hydrogen-bond acceptors (Lipinski definition) is 3. The van der Waals surface area contributed by atoms with Crippen LogP contribution in [0.1, 0.15) is 19.4 Å². The van der Waals surface area contributed by atoms with Crippen molar-refractivity contribution in [2.45, 2.75) is 37.9 Å². The molecule has 0 N–H and O–H groups in total. The van der Waals surface area contributed by atoms with Crippen molar-refractivity contribution in [2.75, 3.05) is 13.1 Å². The van der Waals surface area contributed by atoms with E-state index in [1.54, 1.807) is 18.2 Å². The molecule has 19 heavy (non-hydrogen) atoms. The van der Waals surface area contributed by atoms with Gasteiger partial charge < -0.3 is 4.74 Å². The zero-order valence-corrected chi connectivity index (χ0v) is 13.7. The van der Waals surface area contributed by atoms with E-state index < -0.39 is 10.0 Å². The smallest absolute Gasteiger partial charge is 0.243 e. The largest absolute Gasteiger partial charge is 0.373 e. The van der Waals surface area contributed by atoms with E-state index in [4.69, 9.17) is 4.74 Å². The Morgan fingerprint density at radius 3 is 2.37 bits per heavy atom. The van der Waals surface area contributed by atoms with Gasteiger partial charge in [-0.3, -0.25) is 0 Å². The Kier molecular flexibility index (Phi) is 4.35. The molecule has 0 aromatic heterocycles. The lowest BCUT2D eigenvalue weighted by Gasteiger charge is -2.34. The zero-order chi connectivity index (χ0) is 14.2. The molecule has 2 rings (SSSR count). The van der Waals surface area contributed by atoms with Crippen molar-refractivity contribution >= 4 is 26.0 Å². The van der Waals surface area contributed by atoms with E-state index in [1.807, 2.05) is 20.8 Å². The Morgan fingerprint density at radius 1 is 1.26 bits per heavy atom. The number of nitrogens with zero attached hydrogens (tertiary/aromatic N) is 1. The van der Waals surface area contributed by atoms with Crippen molar-refractivity contribution in [3.8, 4) is 0 Å². The maximum atomic E-state index is 12.6. The molecular formula is C13H18BrNO3S. The van der Waals surface area contributed by atoms with Gasteiger partial charge in [-0.1, -0.05) is 15.9 Å². The third-order valence-electron chi connectivity index (χ3n) is 3.15. The minimum absolute atomic E-state index is 0.0740. The summed E-state index contributed by atoms with van der Waals surface area (Å²) in [6.07, 6.45) is -0.148. The summed E-state index contributed by atoms with van der Waals surface area (Å²) in [4.78, 5) is 0.342. The number of benzene rings is 1. The van der Waals surface area contributed by atoms with Crippen LogP contribution < -0.4 is 0 Å². The lowest BCUT2D eigenvalue weighted by atomic mass is 10.2. The predicted octanol–water partition coefficient (Wildman–Crippen LogP) is 2.56. The number of ether oxygens (including phenoxy) is 1. The van der Waals surface area contributed by atoms with Gasteiger partial charge in [0, 0.05) is 17.6 Å². The lowest BCUT2D eigenvalue weighted by molar-refractivity contribution is -0.0440. The van der Waals surface area contributed by atoms with E-state index >= 15 is 0 Å². The molecule has 1 aliphatic rings. The molecular weight excluding hydrogens is 330 g/mol. The quantitative estimate of drug-likeness (QED) is 0.825. The molecule has 2 unspecified atom stereocenters. The van der Waals surface area contributed by atoms with Crippen LogP contribution in [0.4, 0.5) is 0 Å². The van der Waals surface area contributed by atoms with Gasteiger partial charge in [0.2, 0.25) is 10.0 Å². The first-order chi connectivity index (χ1) is 8.80. The first kappa shape index (κ1) is 15.0. The Morgan fingerprint density at radius 2 is 1.84 bits per heavy atom. The fourth-order valence-corrected chi connectivity index (χ4v) is 4.18. The predicted molar refractivity (Wildman–Crippen MR) is 77.6 cm³/mol. The monoisotopic (exact) mass is 347 g/mol. The Hall–Kier alpha value is -0.430. The third kappa shape index (κ3) is 3.18. The molecule has 0 spiro atoms. The fourth-order valence-electron chi connectivity index (χ4n) is 2.25. The molecule has 1 heterocycles. The van der Waals surface area contributed by atoms with Gasteiger partial charge in [0.25, 0.3) is 0 Å². The summed E-state index contributed by atoms with van der Waals surface area (Å²) in [6, 6.07) is 5.11. The summed E-state index contributed by atoms with van der Waals surface area (Å²) in [7, 11) is -3.43. The SMILES string of the molecule is Cc1cc(S(=O)(=O)N2CC(C)OC(C)C2)ccc1Br. The molecule has 0 aliphatic carbocycles. The molecule has 1 aromatic carbocycles. The standard InChI is InChI=1S/C13H18BrNO3S/c1-9-6-12(4-5-13(9)14)19(16,17)15-7-10(2)18-11(3)8-15/h4-6,10-11H,7-8H2,1-3H3. The van der Waals surface area contributed by atoms with Crippen LogP contribution >= 0.6 is 15.9 Å². The van der Waals surface area contributed by atoms with Gasteiger partial charge in [-0.25, -0.2) is 8.42 Å². The Labute approximate surface area is 122 Å². The van der Waals surface area contributed by atoms with Gasteiger partial charge in [0.15, 0.2) is 0 Å². The molecule has 2 atom stereocenters. The highest BCUT2D eigenvalue weighted by atomic mass is 79.9. The Balaban J connectivity index is 2.33. The fraction of sp³-hybridized carbons (Fsp3) is 0.538. The van der Waals surface area contributed by atoms with E-state index in [-0.39, 0.29) is 12.2 Å². The highest BCUT2D eigenvalue weighted by molar-refractivity contribution is 9.10. The van der Waals surface area contributed by atoms with Crippen molar-refractivity contribution in [2.24, 2.45) is 0 Å². The van der Waals surface area contributed by atoms with Crippen molar-refractivity contribution in [3.05, 3.63) is 28.2 Å². The van der Waals surface area contributed by atoms with Crippen LogP contribution in [0.25, 0.3) is 0 Å². The van der Waals surface area contributed by atoms with E-state index in [2.05, 4.69) is 15.9 Å². The van der Waals surface area contributed by atoms with E-state index in [1.165, 1.54) is 4.31 Å². The molecule has 0 bridgehead atoms.